The van der Waals surface area contributed by atoms with Gasteiger partial charge < -0.3 is 4.48 Å². The van der Waals surface area contributed by atoms with E-state index in [0.717, 1.165) is 55.6 Å². The number of Topliss-reactive ketones (excluding diaryl/α,β-unsaturated/α-hetero) is 1. The van der Waals surface area contributed by atoms with Crippen LogP contribution in [0.15, 0.2) is 5.51 Å². The smallest absolute Gasteiger partial charge is 0.138 e. The van der Waals surface area contributed by atoms with Crippen LogP contribution in [0.4, 0.5) is 0 Å². The average molecular weight is 297 g/mol. The number of aryl methyl sites for hydroxylation is 2. The lowest BCUT2D eigenvalue weighted by Gasteiger charge is -2.35. The van der Waals surface area contributed by atoms with Gasteiger partial charge in [-0.3, -0.25) is 4.79 Å². The third-order valence-electron chi connectivity index (χ3n) is 4.58. The maximum Gasteiger partial charge on any atom is 0.138 e. The molecule has 0 amide bonds. The number of carbonyl (C=O) groups is 1. The van der Waals surface area contributed by atoms with Crippen molar-refractivity contribution in [2.24, 2.45) is 0 Å². The summed E-state index contributed by atoms with van der Waals surface area (Å²) in [7, 11) is 0. The molecule has 0 atom stereocenters. The van der Waals surface area contributed by atoms with Crippen LogP contribution in [0.25, 0.3) is 0 Å². The molecule has 20 heavy (non-hydrogen) atoms. The first-order valence-corrected chi connectivity index (χ1v) is 8.70. The van der Waals surface area contributed by atoms with Gasteiger partial charge in [-0.15, -0.1) is 11.3 Å². The van der Waals surface area contributed by atoms with Crippen molar-refractivity contribution in [2.75, 3.05) is 26.2 Å². The lowest BCUT2D eigenvalue weighted by atomic mass is 10.1. The molecule has 0 aliphatic carbocycles. The Balaban J connectivity index is 2.28. The largest absolute Gasteiger partial charge is 0.324 e. The maximum absolute atomic E-state index is 12.0. The first kappa shape index (κ1) is 17.3. The topological polar surface area (TPSA) is 30.0 Å². The minimum atomic E-state index is 0.421. The van der Waals surface area contributed by atoms with Crippen LogP contribution in [0.2, 0.25) is 0 Å². The van der Waals surface area contributed by atoms with E-state index in [1.165, 1.54) is 4.88 Å². The van der Waals surface area contributed by atoms with Gasteiger partial charge >= 0.3 is 0 Å². The molecule has 0 aliphatic heterocycles. The molecule has 0 N–H and O–H groups in total. The van der Waals surface area contributed by atoms with Crippen LogP contribution in [0.3, 0.4) is 0 Å². The summed E-state index contributed by atoms with van der Waals surface area (Å²) in [4.78, 5) is 17.6. The Labute approximate surface area is 127 Å². The molecule has 0 aliphatic rings. The van der Waals surface area contributed by atoms with E-state index in [1.807, 2.05) is 12.4 Å². The highest BCUT2D eigenvalue weighted by Crippen LogP contribution is 2.16. The number of thiazole rings is 1. The van der Waals surface area contributed by atoms with E-state index in [-0.39, 0.29) is 0 Å². The molecular weight excluding hydrogens is 268 g/mol. The number of ketones is 1. The van der Waals surface area contributed by atoms with Crippen LogP contribution in [-0.4, -0.2) is 41.4 Å². The molecule has 0 unspecified atom stereocenters. The second-order valence-corrected chi connectivity index (χ2v) is 6.46. The molecule has 0 saturated heterocycles. The van der Waals surface area contributed by atoms with Gasteiger partial charge in [0.1, 0.15) is 5.78 Å². The number of carbonyl (C=O) groups excluding carboxylic acids is 1. The highest BCUT2D eigenvalue weighted by atomic mass is 32.1. The van der Waals surface area contributed by atoms with Crippen LogP contribution in [0, 0.1) is 6.92 Å². The van der Waals surface area contributed by atoms with Gasteiger partial charge in [-0.25, -0.2) is 4.98 Å². The van der Waals surface area contributed by atoms with Crippen molar-refractivity contribution >= 4 is 17.1 Å². The Morgan fingerprint density at radius 1 is 1.20 bits per heavy atom. The number of nitrogens with zero attached hydrogens (tertiary/aromatic N) is 2. The van der Waals surface area contributed by atoms with Crippen molar-refractivity contribution in [3.8, 4) is 0 Å². The van der Waals surface area contributed by atoms with Gasteiger partial charge in [0.05, 0.1) is 43.8 Å². The number of rotatable bonds is 10. The Morgan fingerprint density at radius 3 is 2.35 bits per heavy atom. The van der Waals surface area contributed by atoms with Gasteiger partial charge in [-0.1, -0.05) is 0 Å². The summed E-state index contributed by atoms with van der Waals surface area (Å²) in [6.07, 6.45) is 3.41. The summed E-state index contributed by atoms with van der Waals surface area (Å²) in [5.74, 6) is 0.421. The zero-order valence-corrected chi connectivity index (χ0v) is 14.3. The molecule has 1 rings (SSSR count). The van der Waals surface area contributed by atoms with E-state index in [2.05, 4.69) is 25.8 Å². The fourth-order valence-corrected chi connectivity index (χ4v) is 3.47. The van der Waals surface area contributed by atoms with Crippen molar-refractivity contribution in [3.63, 3.8) is 0 Å². The Kier molecular flexibility index (Phi) is 7.38. The normalized spacial score (nSPS) is 11.8. The standard InChI is InChI=1S/C16H29N2OS/c1-5-18(6-2,7-3)12-11-15(19)9-8-10-16-14(4)17-13-20-16/h13H,5-12H2,1-4H3/q+1. The minimum absolute atomic E-state index is 0.421. The molecule has 0 saturated carbocycles. The van der Waals surface area contributed by atoms with E-state index in [1.54, 1.807) is 11.3 Å². The fourth-order valence-electron chi connectivity index (χ4n) is 2.64. The molecule has 1 heterocycles. The highest BCUT2D eigenvalue weighted by molar-refractivity contribution is 7.09. The van der Waals surface area contributed by atoms with Crippen LogP contribution < -0.4 is 0 Å². The Hall–Kier alpha value is -0.740. The van der Waals surface area contributed by atoms with E-state index >= 15 is 0 Å². The van der Waals surface area contributed by atoms with Gasteiger partial charge in [0, 0.05) is 11.3 Å². The summed E-state index contributed by atoms with van der Waals surface area (Å²) in [5, 5.41) is 0. The molecule has 3 nitrogen and oxygen atoms in total. The monoisotopic (exact) mass is 297 g/mol. The quantitative estimate of drug-likeness (QED) is 0.618. The molecular formula is C16H29N2OS+. The van der Waals surface area contributed by atoms with Crippen molar-refractivity contribution < 1.29 is 9.28 Å². The summed E-state index contributed by atoms with van der Waals surface area (Å²) in [5.41, 5.74) is 3.02. The van der Waals surface area contributed by atoms with Crippen LogP contribution in [0.1, 0.15) is 50.6 Å². The molecule has 0 fully saturated rings. The van der Waals surface area contributed by atoms with Crippen molar-refractivity contribution in [2.45, 2.75) is 53.4 Å². The second-order valence-electron chi connectivity index (χ2n) is 5.52. The minimum Gasteiger partial charge on any atom is -0.324 e. The van der Waals surface area contributed by atoms with Gasteiger partial charge in [0.25, 0.3) is 0 Å². The molecule has 0 bridgehead atoms. The predicted molar refractivity (Wildman–Crippen MR) is 86.2 cm³/mol. The lowest BCUT2D eigenvalue weighted by molar-refractivity contribution is -0.922. The summed E-state index contributed by atoms with van der Waals surface area (Å²) >= 11 is 1.70. The summed E-state index contributed by atoms with van der Waals surface area (Å²) in [6, 6.07) is 0. The zero-order chi connectivity index (χ0) is 15.0. The van der Waals surface area contributed by atoms with Gasteiger partial charge in [0.15, 0.2) is 0 Å². The van der Waals surface area contributed by atoms with E-state index in [0.29, 0.717) is 12.2 Å². The third kappa shape index (κ3) is 4.98. The zero-order valence-electron chi connectivity index (χ0n) is 13.4. The molecule has 0 aromatic carbocycles. The fraction of sp³-hybridized carbons (Fsp3) is 0.750. The molecule has 0 radical (unpaired) electrons. The van der Waals surface area contributed by atoms with Crippen LogP contribution in [0.5, 0.6) is 0 Å². The third-order valence-corrected chi connectivity index (χ3v) is 5.58. The van der Waals surface area contributed by atoms with Crippen LogP contribution >= 0.6 is 11.3 Å². The van der Waals surface area contributed by atoms with Crippen molar-refractivity contribution in [1.29, 1.82) is 0 Å². The van der Waals surface area contributed by atoms with E-state index < -0.39 is 0 Å². The molecule has 0 spiro atoms. The molecule has 1 aromatic heterocycles. The average Bonchev–Trinajstić information content (AvgIpc) is 2.87. The van der Waals surface area contributed by atoms with Crippen molar-refractivity contribution in [3.05, 3.63) is 16.1 Å². The van der Waals surface area contributed by atoms with Crippen LogP contribution in [-0.2, 0) is 11.2 Å². The Bertz CT molecular complexity index is 402. The highest BCUT2D eigenvalue weighted by Gasteiger charge is 2.21. The second kappa shape index (κ2) is 8.53. The first-order chi connectivity index (χ1) is 9.56. The predicted octanol–water partition coefficient (Wildman–Crippen LogP) is 3.61. The number of quaternary nitrogens is 1. The summed E-state index contributed by atoms with van der Waals surface area (Å²) in [6.45, 7) is 13.1. The van der Waals surface area contributed by atoms with Crippen molar-refractivity contribution in [1.82, 2.24) is 4.98 Å². The maximum atomic E-state index is 12.0. The SMILES string of the molecule is CC[N+](CC)(CC)CCC(=O)CCCc1scnc1C. The van der Waals surface area contributed by atoms with Gasteiger partial charge in [0.2, 0.25) is 0 Å². The Morgan fingerprint density at radius 2 is 1.85 bits per heavy atom. The lowest BCUT2D eigenvalue weighted by Crippen LogP contribution is -2.48. The number of aromatic nitrogens is 1. The molecule has 1 aromatic rings. The number of hydrogen-bond donors (Lipinski definition) is 0. The summed E-state index contributed by atoms with van der Waals surface area (Å²) < 4.78 is 1.07. The molecule has 114 valence electrons. The van der Waals surface area contributed by atoms with Gasteiger partial charge in [-0.05, 0) is 40.5 Å². The molecule has 4 heteroatoms. The van der Waals surface area contributed by atoms with Gasteiger partial charge in [-0.2, -0.15) is 0 Å². The van der Waals surface area contributed by atoms with E-state index in [4.69, 9.17) is 0 Å². The van der Waals surface area contributed by atoms with E-state index in [9.17, 15) is 4.79 Å². The number of hydrogen-bond acceptors (Lipinski definition) is 3. The first-order valence-electron chi connectivity index (χ1n) is 7.82.